The Morgan fingerprint density at radius 3 is 2.71 bits per heavy atom. The summed E-state index contributed by atoms with van der Waals surface area (Å²) in [5.74, 6) is 1.94. The van der Waals surface area contributed by atoms with Gasteiger partial charge in [-0.15, -0.1) is 0 Å². The Labute approximate surface area is 129 Å². The van der Waals surface area contributed by atoms with E-state index in [0.717, 1.165) is 43.4 Å². The van der Waals surface area contributed by atoms with Gasteiger partial charge in [-0.2, -0.15) is 0 Å². The van der Waals surface area contributed by atoms with E-state index in [2.05, 4.69) is 42.3 Å². The van der Waals surface area contributed by atoms with Gasteiger partial charge in [-0.1, -0.05) is 25.4 Å². The van der Waals surface area contributed by atoms with E-state index in [0.29, 0.717) is 6.04 Å². The highest BCUT2D eigenvalue weighted by Crippen LogP contribution is 2.29. The van der Waals surface area contributed by atoms with Gasteiger partial charge in [0.25, 0.3) is 0 Å². The van der Waals surface area contributed by atoms with Crippen molar-refractivity contribution in [1.82, 2.24) is 15.4 Å². The van der Waals surface area contributed by atoms with Gasteiger partial charge < -0.3 is 9.84 Å². The highest BCUT2D eigenvalue weighted by Gasteiger charge is 2.23. The van der Waals surface area contributed by atoms with Gasteiger partial charge in [0.15, 0.2) is 5.76 Å². The molecule has 0 spiro atoms. The Morgan fingerprint density at radius 2 is 2.05 bits per heavy atom. The summed E-state index contributed by atoms with van der Waals surface area (Å²) in [6, 6.07) is 2.80. The van der Waals surface area contributed by atoms with Crippen molar-refractivity contribution in [3.63, 3.8) is 0 Å². The molecule has 0 amide bonds. The minimum atomic E-state index is 0.708. The van der Waals surface area contributed by atoms with Crippen molar-refractivity contribution in [3.8, 4) is 0 Å². The van der Waals surface area contributed by atoms with E-state index in [-0.39, 0.29) is 0 Å². The first-order chi connectivity index (χ1) is 10.2. The van der Waals surface area contributed by atoms with Crippen LogP contribution in [0.25, 0.3) is 0 Å². The summed E-state index contributed by atoms with van der Waals surface area (Å²) in [6.07, 6.45) is 7.91. The molecule has 0 atom stereocenters. The molecule has 0 radical (unpaired) electrons. The molecule has 1 aliphatic carbocycles. The maximum atomic E-state index is 5.47. The monoisotopic (exact) mass is 293 g/mol. The van der Waals surface area contributed by atoms with Crippen LogP contribution in [0, 0.1) is 5.92 Å². The van der Waals surface area contributed by atoms with Crippen molar-refractivity contribution >= 4 is 0 Å². The van der Waals surface area contributed by atoms with Gasteiger partial charge in [0.1, 0.15) is 0 Å². The summed E-state index contributed by atoms with van der Waals surface area (Å²) >= 11 is 0. The summed E-state index contributed by atoms with van der Waals surface area (Å²) in [6.45, 7) is 7.20. The Morgan fingerprint density at radius 1 is 1.29 bits per heavy atom. The van der Waals surface area contributed by atoms with Crippen molar-refractivity contribution in [2.24, 2.45) is 5.92 Å². The lowest BCUT2D eigenvalue weighted by molar-refractivity contribution is 0.145. The van der Waals surface area contributed by atoms with Crippen molar-refractivity contribution in [3.05, 3.63) is 17.5 Å². The smallest absolute Gasteiger partial charge is 0.151 e. The first-order valence-corrected chi connectivity index (χ1v) is 8.58. The largest absolute Gasteiger partial charge is 0.360 e. The fourth-order valence-electron chi connectivity index (χ4n) is 3.28. The Kier molecular flexibility index (Phi) is 6.71. The zero-order chi connectivity index (χ0) is 15.1. The van der Waals surface area contributed by atoms with Gasteiger partial charge in [0.05, 0.1) is 12.2 Å². The van der Waals surface area contributed by atoms with Crippen molar-refractivity contribution in [2.75, 3.05) is 13.6 Å². The molecule has 1 fully saturated rings. The van der Waals surface area contributed by atoms with Crippen LogP contribution >= 0.6 is 0 Å². The molecule has 1 N–H and O–H groups in total. The molecular weight excluding hydrogens is 262 g/mol. The fraction of sp³-hybridized carbons (Fsp3) is 0.824. The van der Waals surface area contributed by atoms with Crippen LogP contribution in [0.3, 0.4) is 0 Å². The molecule has 1 aromatic heterocycles. The van der Waals surface area contributed by atoms with E-state index in [9.17, 15) is 0 Å². The predicted octanol–water partition coefficient (Wildman–Crippen LogP) is 3.57. The summed E-state index contributed by atoms with van der Waals surface area (Å²) in [5.41, 5.74) is 1.02. The molecule has 1 aromatic rings. The summed E-state index contributed by atoms with van der Waals surface area (Å²) in [7, 11) is 2.22. The molecule has 0 aliphatic heterocycles. The SMILES string of the molecule is CCCNCc1cc(CN(C)C2CCC(CC)CC2)on1. The van der Waals surface area contributed by atoms with Crippen molar-refractivity contribution < 1.29 is 4.52 Å². The number of hydrogen-bond acceptors (Lipinski definition) is 4. The topological polar surface area (TPSA) is 41.3 Å². The van der Waals surface area contributed by atoms with Crippen LogP contribution in [-0.2, 0) is 13.1 Å². The van der Waals surface area contributed by atoms with E-state index in [4.69, 9.17) is 4.52 Å². The number of rotatable bonds is 8. The molecule has 1 aliphatic rings. The van der Waals surface area contributed by atoms with E-state index >= 15 is 0 Å². The van der Waals surface area contributed by atoms with E-state index in [1.807, 2.05) is 0 Å². The van der Waals surface area contributed by atoms with E-state index < -0.39 is 0 Å². The summed E-state index contributed by atoms with van der Waals surface area (Å²) in [5, 5.41) is 7.50. The standard InChI is InChI=1S/C17H31N3O/c1-4-10-18-12-15-11-17(21-19-15)13-20(3)16-8-6-14(5-2)7-9-16/h11,14,16,18H,4-10,12-13H2,1-3H3. The lowest BCUT2D eigenvalue weighted by Gasteiger charge is -2.33. The number of nitrogens with zero attached hydrogens (tertiary/aromatic N) is 2. The Hall–Kier alpha value is -0.870. The maximum Gasteiger partial charge on any atom is 0.151 e. The number of hydrogen-bond donors (Lipinski definition) is 1. The highest BCUT2D eigenvalue weighted by molar-refractivity contribution is 5.05. The average molecular weight is 293 g/mol. The molecule has 0 bridgehead atoms. The highest BCUT2D eigenvalue weighted by atomic mass is 16.5. The molecule has 0 saturated heterocycles. The molecule has 4 heteroatoms. The first-order valence-electron chi connectivity index (χ1n) is 8.58. The second kappa shape index (κ2) is 8.54. The molecule has 21 heavy (non-hydrogen) atoms. The number of aromatic nitrogens is 1. The molecule has 0 unspecified atom stereocenters. The quantitative estimate of drug-likeness (QED) is 0.744. The molecule has 0 aromatic carbocycles. The number of nitrogens with one attached hydrogen (secondary N) is 1. The van der Waals surface area contributed by atoms with Gasteiger partial charge in [0, 0.05) is 18.7 Å². The predicted molar refractivity (Wildman–Crippen MR) is 86.0 cm³/mol. The van der Waals surface area contributed by atoms with Crippen LogP contribution in [0.1, 0.15) is 63.8 Å². The average Bonchev–Trinajstić information content (AvgIpc) is 2.95. The van der Waals surface area contributed by atoms with Gasteiger partial charge in [-0.05, 0) is 51.6 Å². The zero-order valence-electron chi connectivity index (χ0n) is 13.9. The van der Waals surface area contributed by atoms with E-state index in [1.165, 1.54) is 32.1 Å². The Bertz CT molecular complexity index is 396. The first kappa shape index (κ1) is 16.5. The minimum Gasteiger partial charge on any atom is -0.360 e. The van der Waals surface area contributed by atoms with Crippen LogP contribution in [0.4, 0.5) is 0 Å². The molecule has 1 heterocycles. The second-order valence-electron chi connectivity index (χ2n) is 6.46. The van der Waals surface area contributed by atoms with Gasteiger partial charge >= 0.3 is 0 Å². The summed E-state index contributed by atoms with van der Waals surface area (Å²) in [4.78, 5) is 2.44. The molecule has 2 rings (SSSR count). The molecular formula is C17H31N3O. The van der Waals surface area contributed by atoms with E-state index in [1.54, 1.807) is 0 Å². The normalized spacial score (nSPS) is 22.9. The van der Waals surface area contributed by atoms with Gasteiger partial charge in [-0.3, -0.25) is 4.90 Å². The molecule has 120 valence electrons. The molecule has 1 saturated carbocycles. The third kappa shape index (κ3) is 5.11. The third-order valence-electron chi connectivity index (χ3n) is 4.76. The van der Waals surface area contributed by atoms with Crippen LogP contribution in [0.5, 0.6) is 0 Å². The van der Waals surface area contributed by atoms with Crippen LogP contribution in [0.15, 0.2) is 10.6 Å². The van der Waals surface area contributed by atoms with Crippen molar-refractivity contribution in [2.45, 2.75) is 71.5 Å². The van der Waals surface area contributed by atoms with Crippen molar-refractivity contribution in [1.29, 1.82) is 0 Å². The van der Waals surface area contributed by atoms with Crippen LogP contribution in [-0.4, -0.2) is 29.7 Å². The minimum absolute atomic E-state index is 0.708. The molecule has 4 nitrogen and oxygen atoms in total. The zero-order valence-corrected chi connectivity index (χ0v) is 13.9. The van der Waals surface area contributed by atoms with Crippen LogP contribution in [0.2, 0.25) is 0 Å². The van der Waals surface area contributed by atoms with Crippen LogP contribution < -0.4 is 5.32 Å². The van der Waals surface area contributed by atoms with Gasteiger partial charge in [-0.25, -0.2) is 0 Å². The lowest BCUT2D eigenvalue weighted by atomic mass is 9.84. The fourth-order valence-corrected chi connectivity index (χ4v) is 3.28. The second-order valence-corrected chi connectivity index (χ2v) is 6.46. The summed E-state index contributed by atoms with van der Waals surface area (Å²) < 4.78 is 5.47. The Balaban J connectivity index is 1.76. The maximum absolute atomic E-state index is 5.47. The lowest BCUT2D eigenvalue weighted by Crippen LogP contribution is -2.34. The third-order valence-corrected chi connectivity index (χ3v) is 4.76. The van der Waals surface area contributed by atoms with Gasteiger partial charge in [0.2, 0.25) is 0 Å².